The van der Waals surface area contributed by atoms with E-state index in [0.717, 1.165) is 12.0 Å². The highest BCUT2D eigenvalue weighted by molar-refractivity contribution is 5.44. The molecule has 0 saturated carbocycles. The van der Waals surface area contributed by atoms with Crippen molar-refractivity contribution in [3.8, 4) is 11.5 Å². The van der Waals surface area contributed by atoms with Crippen LogP contribution in [-0.4, -0.2) is 27.4 Å². The van der Waals surface area contributed by atoms with Gasteiger partial charge in [0.05, 0.1) is 27.4 Å². The third kappa shape index (κ3) is 2.37. The molecular weight excluding hydrogens is 220 g/mol. The van der Waals surface area contributed by atoms with Crippen LogP contribution in [0.3, 0.4) is 0 Å². The van der Waals surface area contributed by atoms with Crippen LogP contribution in [0.15, 0.2) is 18.2 Å². The summed E-state index contributed by atoms with van der Waals surface area (Å²) in [6.45, 7) is 3.35. The van der Waals surface area contributed by atoms with Crippen LogP contribution in [0.25, 0.3) is 0 Å². The summed E-state index contributed by atoms with van der Waals surface area (Å²) in [4.78, 5) is 0. The fraction of sp³-hybridized carbons (Fsp3) is 0.538. The van der Waals surface area contributed by atoms with Gasteiger partial charge in [0.2, 0.25) is 0 Å². The second-order valence-electron chi connectivity index (χ2n) is 4.07. The average Bonchev–Trinajstić information content (AvgIpc) is 2.38. The number of benzene rings is 1. The van der Waals surface area contributed by atoms with E-state index in [1.54, 1.807) is 14.2 Å². The summed E-state index contributed by atoms with van der Waals surface area (Å²) >= 11 is 0. The molecule has 1 fully saturated rings. The van der Waals surface area contributed by atoms with Gasteiger partial charge >= 0.3 is 0 Å². The van der Waals surface area contributed by atoms with Crippen molar-refractivity contribution in [3.63, 3.8) is 0 Å². The van der Waals surface area contributed by atoms with Gasteiger partial charge in [-0.3, -0.25) is 0 Å². The van der Waals surface area contributed by atoms with E-state index >= 15 is 0 Å². The van der Waals surface area contributed by atoms with Crippen LogP contribution in [-0.2, 0) is 15.3 Å². The smallest absolute Gasteiger partial charge is 0.192 e. The van der Waals surface area contributed by atoms with Gasteiger partial charge < -0.3 is 18.9 Å². The Balaban J connectivity index is 2.32. The van der Waals surface area contributed by atoms with Crippen LogP contribution < -0.4 is 9.47 Å². The number of hydrogen-bond acceptors (Lipinski definition) is 4. The molecule has 1 saturated heterocycles. The second-order valence-corrected chi connectivity index (χ2v) is 4.07. The maximum atomic E-state index is 5.71. The number of methoxy groups -OCH3 is 2. The molecule has 0 atom stereocenters. The number of rotatable bonds is 3. The first kappa shape index (κ1) is 12.2. The molecule has 0 aromatic heterocycles. The van der Waals surface area contributed by atoms with E-state index in [1.165, 1.54) is 0 Å². The van der Waals surface area contributed by atoms with Crippen molar-refractivity contribution in [1.29, 1.82) is 0 Å². The zero-order chi connectivity index (χ0) is 12.3. The zero-order valence-corrected chi connectivity index (χ0v) is 10.5. The third-order valence-electron chi connectivity index (χ3n) is 2.95. The minimum absolute atomic E-state index is 0.683. The standard InChI is InChI=1S/C13H18O4/c1-13(16-7-4-8-17-13)10-5-6-11(14-2)12(9-10)15-3/h5-6,9H,4,7-8H2,1-3H3. The summed E-state index contributed by atoms with van der Waals surface area (Å²) < 4.78 is 21.9. The van der Waals surface area contributed by atoms with E-state index in [4.69, 9.17) is 18.9 Å². The van der Waals surface area contributed by atoms with E-state index in [2.05, 4.69) is 0 Å². The molecule has 94 valence electrons. The van der Waals surface area contributed by atoms with Gasteiger partial charge in [-0.15, -0.1) is 0 Å². The van der Waals surface area contributed by atoms with Crippen molar-refractivity contribution < 1.29 is 18.9 Å². The highest BCUT2D eigenvalue weighted by atomic mass is 16.7. The van der Waals surface area contributed by atoms with Crippen molar-refractivity contribution in [1.82, 2.24) is 0 Å². The van der Waals surface area contributed by atoms with E-state index < -0.39 is 5.79 Å². The Morgan fingerprint density at radius 3 is 2.29 bits per heavy atom. The molecule has 1 aliphatic heterocycles. The van der Waals surface area contributed by atoms with E-state index in [0.29, 0.717) is 24.7 Å². The Kier molecular flexibility index (Phi) is 3.54. The molecule has 0 unspecified atom stereocenters. The van der Waals surface area contributed by atoms with Crippen molar-refractivity contribution in [2.75, 3.05) is 27.4 Å². The van der Waals surface area contributed by atoms with Crippen molar-refractivity contribution in [2.45, 2.75) is 19.1 Å². The first-order chi connectivity index (χ1) is 8.19. The Morgan fingerprint density at radius 2 is 1.71 bits per heavy atom. The average molecular weight is 238 g/mol. The first-order valence-electron chi connectivity index (χ1n) is 5.70. The van der Waals surface area contributed by atoms with Gasteiger partial charge in [0, 0.05) is 5.56 Å². The molecule has 17 heavy (non-hydrogen) atoms. The van der Waals surface area contributed by atoms with Gasteiger partial charge in [0.15, 0.2) is 17.3 Å². The summed E-state index contributed by atoms with van der Waals surface area (Å²) in [7, 11) is 3.24. The molecule has 4 heteroatoms. The zero-order valence-electron chi connectivity index (χ0n) is 10.5. The molecule has 2 rings (SSSR count). The Hall–Kier alpha value is -1.26. The largest absolute Gasteiger partial charge is 0.493 e. The normalized spacial score (nSPS) is 18.8. The van der Waals surface area contributed by atoms with Crippen LogP contribution in [0.5, 0.6) is 11.5 Å². The molecule has 0 amide bonds. The van der Waals surface area contributed by atoms with Crippen LogP contribution in [0, 0.1) is 0 Å². The SMILES string of the molecule is COc1ccc(C2(C)OCCCO2)cc1OC. The summed E-state index contributed by atoms with van der Waals surface area (Å²) in [5, 5.41) is 0. The minimum Gasteiger partial charge on any atom is -0.493 e. The maximum absolute atomic E-state index is 5.71. The highest BCUT2D eigenvalue weighted by Crippen LogP contribution is 2.36. The Labute approximate surface area is 101 Å². The molecule has 1 aromatic rings. The topological polar surface area (TPSA) is 36.9 Å². The molecule has 1 aromatic carbocycles. The Bertz CT molecular complexity index is 383. The summed E-state index contributed by atoms with van der Waals surface area (Å²) in [5.74, 6) is 0.706. The van der Waals surface area contributed by atoms with Crippen LogP contribution in [0.2, 0.25) is 0 Å². The van der Waals surface area contributed by atoms with Gasteiger partial charge in [-0.25, -0.2) is 0 Å². The fourth-order valence-electron chi connectivity index (χ4n) is 1.92. The summed E-state index contributed by atoms with van der Waals surface area (Å²) in [6, 6.07) is 5.69. The van der Waals surface area contributed by atoms with E-state index in [-0.39, 0.29) is 0 Å². The van der Waals surface area contributed by atoms with Crippen LogP contribution in [0.4, 0.5) is 0 Å². The Morgan fingerprint density at radius 1 is 1.06 bits per heavy atom. The molecule has 1 aliphatic rings. The molecule has 0 bridgehead atoms. The first-order valence-corrected chi connectivity index (χ1v) is 5.70. The lowest BCUT2D eigenvalue weighted by Gasteiger charge is -2.34. The molecular formula is C13H18O4. The van der Waals surface area contributed by atoms with Crippen LogP contribution >= 0.6 is 0 Å². The van der Waals surface area contributed by atoms with Gasteiger partial charge in [0.1, 0.15) is 0 Å². The molecule has 0 N–H and O–H groups in total. The minimum atomic E-state index is -0.683. The van der Waals surface area contributed by atoms with Gasteiger partial charge in [0.25, 0.3) is 0 Å². The van der Waals surface area contributed by atoms with E-state index in [1.807, 2.05) is 25.1 Å². The molecule has 1 heterocycles. The van der Waals surface area contributed by atoms with Crippen LogP contribution in [0.1, 0.15) is 18.9 Å². The van der Waals surface area contributed by atoms with Crippen molar-refractivity contribution in [2.24, 2.45) is 0 Å². The van der Waals surface area contributed by atoms with Crippen molar-refractivity contribution in [3.05, 3.63) is 23.8 Å². The predicted molar refractivity (Wildman–Crippen MR) is 63.4 cm³/mol. The number of ether oxygens (including phenoxy) is 4. The van der Waals surface area contributed by atoms with E-state index in [9.17, 15) is 0 Å². The number of hydrogen-bond donors (Lipinski definition) is 0. The lowest BCUT2D eigenvalue weighted by atomic mass is 10.1. The molecule has 4 nitrogen and oxygen atoms in total. The quantitative estimate of drug-likeness (QED) is 0.809. The summed E-state index contributed by atoms with van der Waals surface area (Å²) in [6.07, 6.45) is 0.933. The summed E-state index contributed by atoms with van der Waals surface area (Å²) in [5.41, 5.74) is 0.940. The lowest BCUT2D eigenvalue weighted by Crippen LogP contribution is -2.34. The van der Waals surface area contributed by atoms with Gasteiger partial charge in [-0.1, -0.05) is 0 Å². The monoisotopic (exact) mass is 238 g/mol. The van der Waals surface area contributed by atoms with Gasteiger partial charge in [-0.05, 0) is 31.5 Å². The van der Waals surface area contributed by atoms with Crippen molar-refractivity contribution >= 4 is 0 Å². The molecule has 0 aliphatic carbocycles. The molecule has 0 radical (unpaired) electrons. The second kappa shape index (κ2) is 4.94. The highest BCUT2D eigenvalue weighted by Gasteiger charge is 2.31. The predicted octanol–water partition coefficient (Wildman–Crippen LogP) is 2.31. The third-order valence-corrected chi connectivity index (χ3v) is 2.95. The molecule has 0 spiro atoms. The van der Waals surface area contributed by atoms with Gasteiger partial charge in [-0.2, -0.15) is 0 Å². The maximum Gasteiger partial charge on any atom is 0.192 e. The lowest BCUT2D eigenvalue weighted by molar-refractivity contribution is -0.264. The fourth-order valence-corrected chi connectivity index (χ4v) is 1.92.